The molecule has 0 aromatic carbocycles. The predicted molar refractivity (Wildman–Crippen MR) is 49.7 cm³/mol. The number of carbonyl (C=O) groups excluding carboxylic acids is 1. The number of nitrogens with two attached hydrogens (primary N) is 1. The van der Waals surface area contributed by atoms with Gasteiger partial charge in [-0.05, 0) is 26.0 Å². The Morgan fingerprint density at radius 2 is 2.00 bits per heavy atom. The number of carbonyl (C=O) groups is 1. The molecule has 0 atom stereocenters. The Hall–Kier alpha value is -1.42. The van der Waals surface area contributed by atoms with Gasteiger partial charge < -0.3 is 0 Å². The van der Waals surface area contributed by atoms with E-state index in [2.05, 4.69) is 4.98 Å². The molecule has 2 N–H and O–H groups in total. The second-order valence-corrected chi connectivity index (χ2v) is 3.04. The molecule has 0 saturated heterocycles. The van der Waals surface area contributed by atoms with E-state index in [1.807, 2.05) is 13.8 Å². The van der Waals surface area contributed by atoms with E-state index in [4.69, 9.17) is 5.84 Å². The van der Waals surface area contributed by atoms with Crippen molar-refractivity contribution in [3.8, 4) is 0 Å². The van der Waals surface area contributed by atoms with Crippen LogP contribution in [0.4, 0.5) is 0 Å². The number of pyridine rings is 1. The molecule has 0 fully saturated rings. The number of hydrogen-bond acceptors (Lipinski definition) is 3. The average molecular weight is 179 g/mol. The van der Waals surface area contributed by atoms with E-state index in [1.165, 1.54) is 5.01 Å². The van der Waals surface area contributed by atoms with Crippen LogP contribution in [-0.4, -0.2) is 21.9 Å². The molecule has 1 heterocycles. The quantitative estimate of drug-likeness (QED) is 0.415. The molecule has 0 bridgehead atoms. The summed E-state index contributed by atoms with van der Waals surface area (Å²) in [4.78, 5) is 15.4. The van der Waals surface area contributed by atoms with Gasteiger partial charge in [-0.2, -0.15) is 0 Å². The number of rotatable bonds is 2. The van der Waals surface area contributed by atoms with Crippen LogP contribution in [0.25, 0.3) is 0 Å². The van der Waals surface area contributed by atoms with E-state index in [9.17, 15) is 4.79 Å². The van der Waals surface area contributed by atoms with Gasteiger partial charge in [0.05, 0.1) is 0 Å². The smallest absolute Gasteiger partial charge is 0.268 e. The van der Waals surface area contributed by atoms with E-state index in [1.54, 1.807) is 24.5 Å². The van der Waals surface area contributed by atoms with Crippen molar-refractivity contribution in [1.82, 2.24) is 9.99 Å². The van der Waals surface area contributed by atoms with Crippen molar-refractivity contribution in [2.75, 3.05) is 0 Å². The number of hydrazine groups is 1. The second-order valence-electron chi connectivity index (χ2n) is 3.04. The Bertz CT molecular complexity index is 284. The Morgan fingerprint density at radius 1 is 1.46 bits per heavy atom. The van der Waals surface area contributed by atoms with Crippen LogP contribution in [0, 0.1) is 0 Å². The van der Waals surface area contributed by atoms with Gasteiger partial charge in [-0.25, -0.2) is 5.84 Å². The average Bonchev–Trinajstić information content (AvgIpc) is 2.17. The van der Waals surface area contributed by atoms with Crippen LogP contribution in [0.5, 0.6) is 0 Å². The fourth-order valence-electron chi connectivity index (χ4n) is 0.878. The summed E-state index contributed by atoms with van der Waals surface area (Å²) < 4.78 is 0. The number of hydrogen-bond donors (Lipinski definition) is 1. The third kappa shape index (κ3) is 2.26. The molecule has 4 heteroatoms. The third-order valence-electron chi connectivity index (χ3n) is 1.72. The lowest BCUT2D eigenvalue weighted by molar-refractivity contribution is 0.0705. The maximum Gasteiger partial charge on any atom is 0.268 e. The van der Waals surface area contributed by atoms with Gasteiger partial charge in [0.1, 0.15) is 0 Å². The molecule has 0 saturated carbocycles. The van der Waals surface area contributed by atoms with E-state index >= 15 is 0 Å². The lowest BCUT2D eigenvalue weighted by atomic mass is 10.2. The zero-order valence-corrected chi connectivity index (χ0v) is 7.77. The van der Waals surface area contributed by atoms with Crippen LogP contribution in [-0.2, 0) is 0 Å². The molecular weight excluding hydrogens is 166 g/mol. The molecule has 0 radical (unpaired) electrons. The first-order valence-corrected chi connectivity index (χ1v) is 4.11. The first-order valence-electron chi connectivity index (χ1n) is 4.11. The van der Waals surface area contributed by atoms with Gasteiger partial charge >= 0.3 is 0 Å². The summed E-state index contributed by atoms with van der Waals surface area (Å²) in [5.41, 5.74) is 0.561. The van der Waals surface area contributed by atoms with Crippen molar-refractivity contribution in [2.45, 2.75) is 19.9 Å². The molecule has 0 aliphatic heterocycles. The molecule has 1 aromatic rings. The molecule has 0 aliphatic carbocycles. The fourth-order valence-corrected chi connectivity index (χ4v) is 0.878. The van der Waals surface area contributed by atoms with Crippen molar-refractivity contribution in [3.05, 3.63) is 30.1 Å². The zero-order valence-electron chi connectivity index (χ0n) is 7.77. The number of amides is 1. The predicted octanol–water partition coefficient (Wildman–Crippen LogP) is 0.806. The Balaban J connectivity index is 2.80. The van der Waals surface area contributed by atoms with Crippen LogP contribution in [0.3, 0.4) is 0 Å². The molecule has 13 heavy (non-hydrogen) atoms. The van der Waals surface area contributed by atoms with Gasteiger partial charge in [0.2, 0.25) is 0 Å². The maximum absolute atomic E-state index is 11.6. The minimum Gasteiger partial charge on any atom is -0.274 e. The Kier molecular flexibility index (Phi) is 2.97. The van der Waals surface area contributed by atoms with E-state index < -0.39 is 0 Å². The topological polar surface area (TPSA) is 59.2 Å². The molecule has 0 spiro atoms. The summed E-state index contributed by atoms with van der Waals surface area (Å²) in [5.74, 6) is 5.37. The van der Waals surface area contributed by atoms with Gasteiger partial charge in [0.25, 0.3) is 5.91 Å². The van der Waals surface area contributed by atoms with Gasteiger partial charge in [0.15, 0.2) is 0 Å². The fraction of sp³-hybridized carbons (Fsp3) is 0.333. The summed E-state index contributed by atoms with van der Waals surface area (Å²) >= 11 is 0. The molecule has 70 valence electrons. The van der Waals surface area contributed by atoms with E-state index in [-0.39, 0.29) is 11.9 Å². The number of nitrogens with zero attached hydrogens (tertiary/aromatic N) is 2. The minimum atomic E-state index is -0.183. The summed E-state index contributed by atoms with van der Waals surface area (Å²) in [6.45, 7) is 3.72. The van der Waals surface area contributed by atoms with Crippen LogP contribution < -0.4 is 5.84 Å². The van der Waals surface area contributed by atoms with Gasteiger partial charge in [0, 0.05) is 24.0 Å². The zero-order chi connectivity index (χ0) is 9.84. The SMILES string of the molecule is CC(C)N(N)C(=O)c1ccncc1. The second kappa shape index (κ2) is 4.00. The summed E-state index contributed by atoms with van der Waals surface area (Å²) in [5, 5.41) is 1.20. The molecule has 1 aromatic heterocycles. The minimum absolute atomic E-state index is 0.000616. The molecule has 0 aliphatic rings. The van der Waals surface area contributed by atoms with Crippen LogP contribution in [0.15, 0.2) is 24.5 Å². The molecule has 4 nitrogen and oxygen atoms in total. The molecule has 1 amide bonds. The van der Waals surface area contributed by atoms with Crippen molar-refractivity contribution in [2.24, 2.45) is 5.84 Å². The highest BCUT2D eigenvalue weighted by Gasteiger charge is 2.13. The van der Waals surface area contributed by atoms with Crippen molar-refractivity contribution in [3.63, 3.8) is 0 Å². The van der Waals surface area contributed by atoms with Crippen LogP contribution in [0.1, 0.15) is 24.2 Å². The molecule has 1 rings (SSSR count). The van der Waals surface area contributed by atoms with Gasteiger partial charge in [-0.15, -0.1) is 0 Å². The summed E-state index contributed by atoms with van der Waals surface area (Å²) in [6.07, 6.45) is 3.14. The largest absolute Gasteiger partial charge is 0.274 e. The molecule has 0 unspecified atom stereocenters. The highest BCUT2D eigenvalue weighted by Crippen LogP contribution is 2.02. The van der Waals surface area contributed by atoms with Crippen LogP contribution in [0.2, 0.25) is 0 Å². The lowest BCUT2D eigenvalue weighted by Crippen LogP contribution is -2.42. The van der Waals surface area contributed by atoms with Crippen molar-refractivity contribution < 1.29 is 4.79 Å². The molecular formula is C9H13N3O. The first kappa shape index (κ1) is 9.67. The maximum atomic E-state index is 11.6. The summed E-state index contributed by atoms with van der Waals surface area (Å²) in [6, 6.07) is 3.29. The normalized spacial score (nSPS) is 10.2. The van der Waals surface area contributed by atoms with Crippen molar-refractivity contribution >= 4 is 5.91 Å². The van der Waals surface area contributed by atoms with Gasteiger partial charge in [-0.1, -0.05) is 0 Å². The number of aromatic nitrogens is 1. The van der Waals surface area contributed by atoms with Crippen LogP contribution >= 0.6 is 0 Å². The standard InChI is InChI=1S/C9H13N3O/c1-7(2)12(10)9(13)8-3-5-11-6-4-8/h3-7H,10H2,1-2H3. The van der Waals surface area contributed by atoms with E-state index in [0.29, 0.717) is 5.56 Å². The van der Waals surface area contributed by atoms with E-state index in [0.717, 1.165) is 0 Å². The first-order chi connectivity index (χ1) is 6.13. The Labute approximate surface area is 77.3 Å². The highest BCUT2D eigenvalue weighted by molar-refractivity contribution is 5.93. The summed E-state index contributed by atoms with van der Waals surface area (Å²) in [7, 11) is 0. The van der Waals surface area contributed by atoms with Crippen molar-refractivity contribution in [1.29, 1.82) is 0 Å². The monoisotopic (exact) mass is 179 g/mol. The third-order valence-corrected chi connectivity index (χ3v) is 1.72. The van der Waals surface area contributed by atoms with Gasteiger partial charge in [-0.3, -0.25) is 14.8 Å². The lowest BCUT2D eigenvalue weighted by Gasteiger charge is -2.20. The highest BCUT2D eigenvalue weighted by atomic mass is 16.2. The Morgan fingerprint density at radius 3 is 2.46 bits per heavy atom.